The highest BCUT2D eigenvalue weighted by molar-refractivity contribution is 7.24. The highest BCUT2D eigenvalue weighted by atomic mass is 32.1. The number of rotatable bonds is 4. The Bertz CT molecular complexity index is 660. The molecule has 0 aromatic carbocycles. The standard InChI is InChI=1S/C11H10N2O4S2/c1-2-5-8(12)10(11(14)15)19-9(5)6-3-4-7(18-6)13(16)17/h3-4H,2,12H2,1H3,(H,14,15). The lowest BCUT2D eigenvalue weighted by Crippen LogP contribution is -1.99. The van der Waals surface area contributed by atoms with Crippen molar-refractivity contribution < 1.29 is 14.8 Å². The van der Waals surface area contributed by atoms with Gasteiger partial charge in [-0.25, -0.2) is 4.79 Å². The smallest absolute Gasteiger partial charge is 0.348 e. The van der Waals surface area contributed by atoms with E-state index in [1.54, 1.807) is 6.07 Å². The zero-order chi connectivity index (χ0) is 14.2. The summed E-state index contributed by atoms with van der Waals surface area (Å²) < 4.78 is 0. The maximum atomic E-state index is 11.1. The third kappa shape index (κ3) is 2.32. The van der Waals surface area contributed by atoms with Crippen molar-refractivity contribution >= 4 is 39.3 Å². The summed E-state index contributed by atoms with van der Waals surface area (Å²) in [7, 11) is 0. The van der Waals surface area contributed by atoms with Gasteiger partial charge in [0.25, 0.3) is 0 Å². The highest BCUT2D eigenvalue weighted by Gasteiger charge is 2.22. The predicted molar refractivity (Wildman–Crippen MR) is 75.0 cm³/mol. The summed E-state index contributed by atoms with van der Waals surface area (Å²) in [5.74, 6) is -1.07. The Labute approximate surface area is 116 Å². The summed E-state index contributed by atoms with van der Waals surface area (Å²) in [6, 6.07) is 3.04. The molecule has 0 bridgehead atoms. The van der Waals surface area contributed by atoms with E-state index in [1.807, 2.05) is 6.92 Å². The molecular weight excluding hydrogens is 288 g/mol. The first-order valence-corrected chi connectivity index (χ1v) is 6.98. The maximum Gasteiger partial charge on any atom is 0.348 e. The van der Waals surface area contributed by atoms with Gasteiger partial charge in [0.05, 0.1) is 20.4 Å². The van der Waals surface area contributed by atoms with E-state index in [0.717, 1.165) is 28.2 Å². The number of anilines is 1. The van der Waals surface area contributed by atoms with Crippen LogP contribution in [0, 0.1) is 10.1 Å². The Morgan fingerprint density at radius 3 is 2.63 bits per heavy atom. The average Bonchev–Trinajstić information content (AvgIpc) is 2.92. The molecular formula is C11H10N2O4S2. The highest BCUT2D eigenvalue weighted by Crippen LogP contribution is 2.43. The van der Waals surface area contributed by atoms with Crippen LogP contribution in [-0.4, -0.2) is 16.0 Å². The molecule has 2 aromatic heterocycles. The molecule has 2 rings (SSSR count). The molecule has 0 spiro atoms. The molecule has 0 saturated carbocycles. The van der Waals surface area contributed by atoms with Crippen molar-refractivity contribution in [3.05, 3.63) is 32.7 Å². The minimum atomic E-state index is -1.07. The number of carboxylic acids is 1. The van der Waals surface area contributed by atoms with Crippen molar-refractivity contribution in [1.29, 1.82) is 0 Å². The predicted octanol–water partition coefficient (Wildman–Crippen LogP) is 3.23. The molecule has 2 heterocycles. The number of nitro groups is 1. The largest absolute Gasteiger partial charge is 0.477 e. The first kappa shape index (κ1) is 13.5. The SMILES string of the molecule is CCc1c(-c2ccc([N+](=O)[O-])s2)sc(C(=O)O)c1N. The van der Waals surface area contributed by atoms with Crippen molar-refractivity contribution in [2.24, 2.45) is 0 Å². The van der Waals surface area contributed by atoms with Crippen LogP contribution in [0.25, 0.3) is 9.75 Å². The molecule has 0 radical (unpaired) electrons. The molecule has 0 fully saturated rings. The number of thiophene rings is 2. The van der Waals surface area contributed by atoms with Gasteiger partial charge in [-0.05, 0) is 18.1 Å². The second kappa shape index (κ2) is 4.98. The number of hydrogen-bond acceptors (Lipinski definition) is 6. The van der Waals surface area contributed by atoms with Gasteiger partial charge in [0.15, 0.2) is 0 Å². The van der Waals surface area contributed by atoms with Crippen molar-refractivity contribution in [2.75, 3.05) is 5.73 Å². The zero-order valence-corrected chi connectivity index (χ0v) is 11.5. The molecule has 6 nitrogen and oxygen atoms in total. The molecule has 0 aliphatic heterocycles. The molecule has 0 amide bonds. The van der Waals surface area contributed by atoms with Crippen LogP contribution < -0.4 is 5.73 Å². The molecule has 0 unspecified atom stereocenters. The minimum Gasteiger partial charge on any atom is -0.477 e. The average molecular weight is 298 g/mol. The summed E-state index contributed by atoms with van der Waals surface area (Å²) >= 11 is 2.08. The fourth-order valence-electron chi connectivity index (χ4n) is 1.73. The van der Waals surface area contributed by atoms with E-state index in [2.05, 4.69) is 0 Å². The second-order valence-corrected chi connectivity index (χ2v) is 5.79. The fourth-order valence-corrected chi connectivity index (χ4v) is 3.84. The number of aromatic carboxylic acids is 1. The van der Waals surface area contributed by atoms with Crippen molar-refractivity contribution in [1.82, 2.24) is 0 Å². The third-order valence-electron chi connectivity index (χ3n) is 2.59. The van der Waals surface area contributed by atoms with Crippen LogP contribution in [0.4, 0.5) is 10.7 Å². The van der Waals surface area contributed by atoms with Crippen LogP contribution in [0.2, 0.25) is 0 Å². The van der Waals surface area contributed by atoms with Gasteiger partial charge in [0, 0.05) is 6.07 Å². The Morgan fingerprint density at radius 1 is 1.47 bits per heavy atom. The van der Waals surface area contributed by atoms with Crippen LogP contribution in [0.5, 0.6) is 0 Å². The van der Waals surface area contributed by atoms with E-state index < -0.39 is 10.9 Å². The van der Waals surface area contributed by atoms with Crippen LogP contribution in [0.1, 0.15) is 22.2 Å². The number of hydrogen-bond donors (Lipinski definition) is 2. The summed E-state index contributed by atoms with van der Waals surface area (Å²) in [4.78, 5) is 22.8. The normalized spacial score (nSPS) is 10.6. The van der Waals surface area contributed by atoms with Crippen LogP contribution in [0.3, 0.4) is 0 Å². The summed E-state index contributed by atoms with van der Waals surface area (Å²) in [6.07, 6.45) is 0.580. The van der Waals surface area contributed by atoms with Crippen molar-refractivity contribution in [2.45, 2.75) is 13.3 Å². The quantitative estimate of drug-likeness (QED) is 0.665. The molecule has 3 N–H and O–H groups in total. The molecule has 0 saturated heterocycles. The van der Waals surface area contributed by atoms with Crippen LogP contribution >= 0.6 is 22.7 Å². The maximum absolute atomic E-state index is 11.1. The van der Waals surface area contributed by atoms with Gasteiger partial charge in [0.1, 0.15) is 4.88 Å². The van der Waals surface area contributed by atoms with Gasteiger partial charge in [-0.1, -0.05) is 18.3 Å². The lowest BCUT2D eigenvalue weighted by molar-refractivity contribution is -0.380. The molecule has 19 heavy (non-hydrogen) atoms. The van der Waals surface area contributed by atoms with E-state index >= 15 is 0 Å². The number of nitrogen functional groups attached to an aromatic ring is 1. The Kier molecular flexibility index (Phi) is 3.54. The van der Waals surface area contributed by atoms with E-state index in [-0.39, 0.29) is 15.6 Å². The van der Waals surface area contributed by atoms with Gasteiger partial charge in [0.2, 0.25) is 0 Å². The third-order valence-corrected chi connectivity index (χ3v) is 5.04. The minimum absolute atomic E-state index is 0.0286. The van der Waals surface area contributed by atoms with E-state index in [4.69, 9.17) is 10.8 Å². The van der Waals surface area contributed by atoms with Gasteiger partial charge in [-0.3, -0.25) is 10.1 Å². The number of nitrogens with two attached hydrogens (primary N) is 1. The molecule has 0 atom stereocenters. The Morgan fingerprint density at radius 2 is 2.16 bits per heavy atom. The summed E-state index contributed by atoms with van der Waals surface area (Å²) in [5, 5.41) is 19.8. The Hall–Kier alpha value is -1.93. The lowest BCUT2D eigenvalue weighted by Gasteiger charge is -1.98. The van der Waals surface area contributed by atoms with Crippen LogP contribution in [0.15, 0.2) is 12.1 Å². The monoisotopic (exact) mass is 298 g/mol. The molecule has 0 aliphatic carbocycles. The molecule has 8 heteroatoms. The number of carbonyl (C=O) groups is 1. The van der Waals surface area contributed by atoms with E-state index in [1.165, 1.54) is 6.07 Å². The van der Waals surface area contributed by atoms with Gasteiger partial charge < -0.3 is 10.8 Å². The molecule has 100 valence electrons. The Balaban J connectivity index is 2.57. The summed E-state index contributed by atoms with van der Waals surface area (Å²) in [6.45, 7) is 1.87. The number of nitrogens with zero attached hydrogens (tertiary/aromatic N) is 1. The molecule has 0 aliphatic rings. The van der Waals surface area contributed by atoms with Gasteiger partial charge in [-0.15, -0.1) is 11.3 Å². The van der Waals surface area contributed by atoms with E-state index in [9.17, 15) is 14.9 Å². The van der Waals surface area contributed by atoms with Crippen molar-refractivity contribution in [3.8, 4) is 9.75 Å². The van der Waals surface area contributed by atoms with Gasteiger partial charge >= 0.3 is 11.0 Å². The second-order valence-electron chi connectivity index (χ2n) is 3.71. The first-order valence-electron chi connectivity index (χ1n) is 5.34. The van der Waals surface area contributed by atoms with E-state index in [0.29, 0.717) is 16.2 Å². The van der Waals surface area contributed by atoms with Crippen molar-refractivity contribution in [3.63, 3.8) is 0 Å². The zero-order valence-electron chi connectivity index (χ0n) is 9.87. The van der Waals surface area contributed by atoms with Gasteiger partial charge in [-0.2, -0.15) is 0 Å². The number of carboxylic acid groups (broad SMARTS) is 1. The summed E-state index contributed by atoms with van der Waals surface area (Å²) in [5.41, 5.74) is 6.81. The van der Waals surface area contributed by atoms with Crippen LogP contribution in [-0.2, 0) is 6.42 Å². The topological polar surface area (TPSA) is 106 Å². The first-order chi connectivity index (χ1) is 8.95. The molecule has 2 aromatic rings. The fraction of sp³-hybridized carbons (Fsp3) is 0.182. The lowest BCUT2D eigenvalue weighted by atomic mass is 10.1.